The number of anilines is 1. The van der Waals surface area contributed by atoms with Crippen LogP contribution in [0.1, 0.15) is 56.5 Å². The number of hydrogen-bond donors (Lipinski definition) is 2. The molecule has 1 heterocycles. The molecule has 41 heavy (non-hydrogen) atoms. The molecular formula is C30H38N4O7. The number of carbonyl (C=O) groups is 3. The lowest BCUT2D eigenvalue weighted by Crippen LogP contribution is -2.49. The molecule has 2 aromatic carbocycles. The van der Waals surface area contributed by atoms with E-state index in [1.54, 1.807) is 50.4 Å². The van der Waals surface area contributed by atoms with Crippen LogP contribution < -0.4 is 24.8 Å². The minimum absolute atomic E-state index is 0.0789. The Labute approximate surface area is 240 Å². The van der Waals surface area contributed by atoms with Gasteiger partial charge in [0.25, 0.3) is 0 Å². The smallest absolute Gasteiger partial charge is 0.248 e. The maximum Gasteiger partial charge on any atom is 0.248 e. The highest BCUT2D eigenvalue weighted by Gasteiger charge is 2.36. The Balaban J connectivity index is 2.02. The SMILES string of the molecule is COc1ccc(CN(C(=O)CCC(=O)Nc2cc(C)on2)[C@H](C(=O)NC(C)(C)C)c2cccc(OC)c2OC)cc1. The van der Waals surface area contributed by atoms with Crippen molar-refractivity contribution in [2.75, 3.05) is 26.6 Å². The van der Waals surface area contributed by atoms with E-state index in [2.05, 4.69) is 15.8 Å². The Morgan fingerprint density at radius 1 is 0.976 bits per heavy atom. The van der Waals surface area contributed by atoms with Crippen LogP contribution in [0.5, 0.6) is 17.2 Å². The number of aromatic nitrogens is 1. The molecule has 0 spiro atoms. The Bertz CT molecular complexity index is 1350. The average molecular weight is 567 g/mol. The van der Waals surface area contributed by atoms with Crippen molar-refractivity contribution in [1.29, 1.82) is 0 Å². The lowest BCUT2D eigenvalue weighted by Gasteiger charge is -2.34. The van der Waals surface area contributed by atoms with Crippen LogP contribution in [-0.4, -0.2) is 54.6 Å². The number of nitrogens with one attached hydrogen (secondary N) is 2. The fourth-order valence-electron chi connectivity index (χ4n) is 4.26. The fraction of sp³-hybridized carbons (Fsp3) is 0.400. The van der Waals surface area contributed by atoms with Crippen LogP contribution in [0.25, 0.3) is 0 Å². The van der Waals surface area contributed by atoms with E-state index in [0.717, 1.165) is 5.56 Å². The number of carbonyl (C=O) groups excluding carboxylic acids is 3. The van der Waals surface area contributed by atoms with Crippen molar-refractivity contribution < 1.29 is 33.1 Å². The van der Waals surface area contributed by atoms with Crippen molar-refractivity contribution >= 4 is 23.5 Å². The van der Waals surface area contributed by atoms with Crippen LogP contribution >= 0.6 is 0 Å². The van der Waals surface area contributed by atoms with Crippen LogP contribution in [0.4, 0.5) is 5.82 Å². The number of aryl methyl sites for hydroxylation is 1. The van der Waals surface area contributed by atoms with Crippen LogP contribution in [0.2, 0.25) is 0 Å². The van der Waals surface area contributed by atoms with Crippen molar-refractivity contribution in [3.05, 3.63) is 65.4 Å². The van der Waals surface area contributed by atoms with E-state index in [0.29, 0.717) is 28.6 Å². The number of hydrogen-bond acceptors (Lipinski definition) is 8. The molecule has 0 saturated heterocycles. The zero-order valence-electron chi connectivity index (χ0n) is 24.6. The highest BCUT2D eigenvalue weighted by molar-refractivity contribution is 5.94. The molecule has 3 rings (SSSR count). The molecule has 11 nitrogen and oxygen atoms in total. The second-order valence-corrected chi connectivity index (χ2v) is 10.5. The van der Waals surface area contributed by atoms with E-state index in [9.17, 15) is 14.4 Å². The second kappa shape index (κ2) is 13.7. The number of amides is 3. The van der Waals surface area contributed by atoms with E-state index >= 15 is 0 Å². The first kappa shape index (κ1) is 31.0. The number of nitrogens with zero attached hydrogens (tertiary/aromatic N) is 2. The van der Waals surface area contributed by atoms with E-state index in [1.807, 2.05) is 32.9 Å². The van der Waals surface area contributed by atoms with Crippen molar-refractivity contribution in [2.45, 2.75) is 58.7 Å². The molecule has 0 aliphatic rings. The third-order valence-corrected chi connectivity index (χ3v) is 6.08. The topological polar surface area (TPSA) is 132 Å². The molecule has 220 valence electrons. The summed E-state index contributed by atoms with van der Waals surface area (Å²) in [5.74, 6) is 0.974. The van der Waals surface area contributed by atoms with Gasteiger partial charge in [0.1, 0.15) is 17.6 Å². The highest BCUT2D eigenvalue weighted by Crippen LogP contribution is 2.38. The Kier molecular flexibility index (Phi) is 10.3. The summed E-state index contributed by atoms with van der Waals surface area (Å²) in [6, 6.07) is 12.9. The summed E-state index contributed by atoms with van der Waals surface area (Å²) in [5, 5.41) is 9.38. The lowest BCUT2D eigenvalue weighted by atomic mass is 9.98. The third kappa shape index (κ3) is 8.47. The average Bonchev–Trinajstić information content (AvgIpc) is 3.34. The van der Waals surface area contributed by atoms with Crippen molar-refractivity contribution in [3.63, 3.8) is 0 Å². The molecular weight excluding hydrogens is 528 g/mol. The van der Waals surface area contributed by atoms with Gasteiger partial charge < -0.3 is 34.3 Å². The van der Waals surface area contributed by atoms with Crippen molar-refractivity contribution in [1.82, 2.24) is 15.4 Å². The summed E-state index contributed by atoms with van der Waals surface area (Å²) in [7, 11) is 4.55. The number of ether oxygens (including phenoxy) is 3. The highest BCUT2D eigenvalue weighted by atomic mass is 16.5. The molecule has 0 fully saturated rings. The molecule has 3 aromatic rings. The number of methoxy groups -OCH3 is 3. The summed E-state index contributed by atoms with van der Waals surface area (Å²) < 4.78 is 21.4. The van der Waals surface area contributed by atoms with Crippen LogP contribution in [-0.2, 0) is 20.9 Å². The van der Waals surface area contributed by atoms with E-state index in [-0.39, 0.29) is 25.2 Å². The summed E-state index contributed by atoms with van der Waals surface area (Å²) in [5.41, 5.74) is 0.612. The molecule has 0 saturated carbocycles. The standard InChI is InChI=1S/C30H38N4O7/c1-19-17-24(33-41-19)31-25(35)15-16-26(36)34(18-20-11-13-21(38-5)14-12-20)27(29(37)32-30(2,3)4)22-9-8-10-23(39-6)28(22)40-7/h8-14,17,27H,15-16,18H2,1-7H3,(H,32,37)(H,31,33,35)/t27-/m0/s1. The molecule has 1 atom stereocenters. The minimum Gasteiger partial charge on any atom is -0.497 e. The third-order valence-electron chi connectivity index (χ3n) is 6.08. The first-order valence-electron chi connectivity index (χ1n) is 13.1. The summed E-state index contributed by atoms with van der Waals surface area (Å²) in [6.45, 7) is 7.36. The Morgan fingerprint density at radius 2 is 1.68 bits per heavy atom. The predicted octanol–water partition coefficient (Wildman–Crippen LogP) is 4.41. The molecule has 0 bridgehead atoms. The number of rotatable bonds is 12. The monoisotopic (exact) mass is 566 g/mol. The Hall–Kier alpha value is -4.54. The van der Waals surface area contributed by atoms with E-state index in [4.69, 9.17) is 18.7 Å². The quantitative estimate of drug-likeness (QED) is 0.330. The van der Waals surface area contributed by atoms with Gasteiger partial charge in [0.2, 0.25) is 17.7 Å². The van der Waals surface area contributed by atoms with Gasteiger partial charge in [-0.3, -0.25) is 14.4 Å². The normalized spacial score (nSPS) is 11.8. The zero-order chi connectivity index (χ0) is 30.2. The van der Waals surface area contributed by atoms with E-state index in [1.165, 1.54) is 19.1 Å². The first-order valence-corrected chi connectivity index (χ1v) is 13.1. The van der Waals surface area contributed by atoms with Gasteiger partial charge in [-0.15, -0.1) is 0 Å². The first-order chi connectivity index (χ1) is 19.4. The van der Waals surface area contributed by atoms with Gasteiger partial charge in [0.15, 0.2) is 17.3 Å². The van der Waals surface area contributed by atoms with Gasteiger partial charge in [0, 0.05) is 36.6 Å². The second-order valence-electron chi connectivity index (χ2n) is 10.5. The Morgan fingerprint density at radius 3 is 2.24 bits per heavy atom. The fourth-order valence-corrected chi connectivity index (χ4v) is 4.26. The molecule has 0 aliphatic carbocycles. The van der Waals surface area contributed by atoms with Gasteiger partial charge >= 0.3 is 0 Å². The summed E-state index contributed by atoms with van der Waals surface area (Å²) >= 11 is 0. The van der Waals surface area contributed by atoms with Gasteiger partial charge in [-0.2, -0.15) is 0 Å². The predicted molar refractivity (Wildman–Crippen MR) is 153 cm³/mol. The maximum atomic E-state index is 13.9. The van der Waals surface area contributed by atoms with Crippen molar-refractivity contribution in [3.8, 4) is 17.2 Å². The molecule has 0 aliphatic heterocycles. The molecule has 0 unspecified atom stereocenters. The maximum absolute atomic E-state index is 13.9. The van der Waals surface area contributed by atoms with Crippen LogP contribution in [0.15, 0.2) is 53.1 Å². The van der Waals surface area contributed by atoms with Crippen LogP contribution in [0.3, 0.4) is 0 Å². The number of benzene rings is 2. The van der Waals surface area contributed by atoms with Gasteiger partial charge in [-0.1, -0.05) is 29.4 Å². The molecule has 2 N–H and O–H groups in total. The molecule has 0 radical (unpaired) electrons. The van der Waals surface area contributed by atoms with E-state index < -0.39 is 29.3 Å². The van der Waals surface area contributed by atoms with Gasteiger partial charge in [-0.25, -0.2) is 0 Å². The lowest BCUT2D eigenvalue weighted by molar-refractivity contribution is -0.142. The summed E-state index contributed by atoms with van der Waals surface area (Å²) in [6.07, 6.45) is -0.295. The molecule has 1 aromatic heterocycles. The summed E-state index contributed by atoms with van der Waals surface area (Å²) in [4.78, 5) is 41.9. The zero-order valence-corrected chi connectivity index (χ0v) is 24.6. The molecule has 3 amide bonds. The van der Waals surface area contributed by atoms with Gasteiger partial charge in [-0.05, 0) is 51.5 Å². The van der Waals surface area contributed by atoms with Gasteiger partial charge in [0.05, 0.1) is 21.3 Å². The van der Waals surface area contributed by atoms with Crippen molar-refractivity contribution in [2.24, 2.45) is 0 Å². The molecule has 11 heteroatoms. The number of para-hydroxylation sites is 1. The van der Waals surface area contributed by atoms with Crippen LogP contribution in [0, 0.1) is 6.92 Å². The largest absolute Gasteiger partial charge is 0.497 e. The minimum atomic E-state index is -1.10.